The van der Waals surface area contributed by atoms with Gasteiger partial charge in [0.15, 0.2) is 0 Å². The van der Waals surface area contributed by atoms with Gasteiger partial charge in [0.05, 0.1) is 22.1 Å². The van der Waals surface area contributed by atoms with Gasteiger partial charge in [0.2, 0.25) is 0 Å². The van der Waals surface area contributed by atoms with Crippen molar-refractivity contribution in [3.63, 3.8) is 0 Å². The van der Waals surface area contributed by atoms with Crippen LogP contribution in [-0.4, -0.2) is 9.13 Å². The van der Waals surface area contributed by atoms with E-state index in [9.17, 15) is 0 Å². The number of rotatable bonds is 6. The molecule has 3 aromatic heterocycles. The van der Waals surface area contributed by atoms with Crippen LogP contribution in [0.2, 0.25) is 0 Å². The highest BCUT2D eigenvalue weighted by molar-refractivity contribution is 7.25. The van der Waals surface area contributed by atoms with Crippen LogP contribution >= 0.6 is 11.3 Å². The summed E-state index contributed by atoms with van der Waals surface area (Å²) in [4.78, 5) is 2.46. The number of fused-ring (bicyclic) bond motifs is 10. The molecule has 0 saturated heterocycles. The highest BCUT2D eigenvalue weighted by atomic mass is 32.1. The minimum absolute atomic E-state index is 1.08. The molecule has 0 aliphatic carbocycles. The van der Waals surface area contributed by atoms with Gasteiger partial charge in [-0.15, -0.1) is 11.3 Å². The van der Waals surface area contributed by atoms with Gasteiger partial charge in [0, 0.05) is 70.2 Å². The molecule has 4 heteroatoms. The fraction of sp³-hybridized carbons (Fsp3) is 0. The zero-order valence-corrected chi connectivity index (χ0v) is 34.4. The first kappa shape index (κ1) is 34.9. The number of para-hydroxylation sites is 4. The lowest BCUT2D eigenvalue weighted by Crippen LogP contribution is -2.11. The lowest BCUT2D eigenvalue weighted by atomic mass is 10.0. The van der Waals surface area contributed by atoms with Crippen molar-refractivity contribution >= 4 is 103 Å². The van der Waals surface area contributed by atoms with Gasteiger partial charge in [-0.2, -0.15) is 0 Å². The van der Waals surface area contributed by atoms with E-state index in [1.807, 2.05) is 11.3 Å². The van der Waals surface area contributed by atoms with E-state index in [-0.39, 0.29) is 0 Å². The molecule has 0 saturated carbocycles. The minimum atomic E-state index is 1.08. The molecule has 10 aromatic carbocycles. The fourth-order valence-corrected chi connectivity index (χ4v) is 10.9. The Morgan fingerprint density at radius 2 is 0.855 bits per heavy atom. The zero-order chi connectivity index (χ0) is 40.7. The van der Waals surface area contributed by atoms with Crippen molar-refractivity contribution in [2.24, 2.45) is 0 Å². The molecule has 62 heavy (non-hydrogen) atoms. The van der Waals surface area contributed by atoms with Crippen LogP contribution in [-0.2, 0) is 0 Å². The molecule has 0 radical (unpaired) electrons. The third-order valence-corrected chi connectivity index (χ3v) is 13.8. The first-order valence-corrected chi connectivity index (χ1v) is 22.0. The van der Waals surface area contributed by atoms with E-state index in [1.165, 1.54) is 74.6 Å². The Hall–Kier alpha value is -7.92. The molecule has 0 aliphatic rings. The van der Waals surface area contributed by atoms with E-state index < -0.39 is 0 Å². The molecule has 0 atom stereocenters. The molecular weight excluding hydrogens is 771 g/mol. The Kier molecular flexibility index (Phi) is 7.78. The van der Waals surface area contributed by atoms with Gasteiger partial charge >= 0.3 is 0 Å². The first-order valence-electron chi connectivity index (χ1n) is 21.2. The second-order valence-corrected chi connectivity index (χ2v) is 17.3. The predicted octanol–water partition coefficient (Wildman–Crippen LogP) is 16.5. The van der Waals surface area contributed by atoms with E-state index in [2.05, 4.69) is 238 Å². The number of hydrogen-bond acceptors (Lipinski definition) is 2. The van der Waals surface area contributed by atoms with Gasteiger partial charge in [-0.3, -0.25) is 0 Å². The van der Waals surface area contributed by atoms with Crippen molar-refractivity contribution in [1.29, 1.82) is 0 Å². The number of thiophene rings is 1. The topological polar surface area (TPSA) is 13.1 Å². The van der Waals surface area contributed by atoms with Crippen molar-refractivity contribution in [1.82, 2.24) is 9.13 Å². The van der Waals surface area contributed by atoms with Crippen LogP contribution in [0.1, 0.15) is 0 Å². The summed E-state index contributed by atoms with van der Waals surface area (Å²) in [6, 6.07) is 82.5. The minimum Gasteiger partial charge on any atom is -0.310 e. The van der Waals surface area contributed by atoms with Gasteiger partial charge in [-0.1, -0.05) is 133 Å². The van der Waals surface area contributed by atoms with Crippen molar-refractivity contribution in [3.05, 3.63) is 224 Å². The lowest BCUT2D eigenvalue weighted by molar-refractivity contribution is 1.17. The number of anilines is 3. The van der Waals surface area contributed by atoms with Gasteiger partial charge in [-0.25, -0.2) is 0 Å². The fourth-order valence-electron chi connectivity index (χ4n) is 9.84. The molecule has 0 bridgehead atoms. The molecule has 0 spiro atoms. The summed E-state index contributed by atoms with van der Waals surface area (Å²) in [5, 5.41) is 9.95. The van der Waals surface area contributed by atoms with E-state index in [0.29, 0.717) is 0 Å². The second-order valence-electron chi connectivity index (χ2n) is 16.2. The predicted molar refractivity (Wildman–Crippen MR) is 266 cm³/mol. The molecule has 0 amide bonds. The zero-order valence-electron chi connectivity index (χ0n) is 33.6. The number of nitrogens with zero attached hydrogens (tertiary/aromatic N) is 3. The average Bonchev–Trinajstić information content (AvgIpc) is 3.99. The third kappa shape index (κ3) is 5.44. The Balaban J connectivity index is 1.12. The van der Waals surface area contributed by atoms with Gasteiger partial charge in [0.1, 0.15) is 0 Å². The molecule has 3 heterocycles. The molecule has 0 unspecified atom stereocenters. The Bertz CT molecular complexity index is 3830. The summed E-state index contributed by atoms with van der Waals surface area (Å²) in [6.07, 6.45) is 0. The van der Waals surface area contributed by atoms with Crippen LogP contribution in [0.25, 0.3) is 97.1 Å². The molecular formula is C58H37N3S. The maximum Gasteiger partial charge on any atom is 0.0547 e. The average molecular weight is 808 g/mol. The Labute approximate surface area is 362 Å². The van der Waals surface area contributed by atoms with Gasteiger partial charge < -0.3 is 14.0 Å². The highest BCUT2D eigenvalue weighted by Crippen LogP contribution is 2.45. The smallest absolute Gasteiger partial charge is 0.0547 e. The van der Waals surface area contributed by atoms with E-state index >= 15 is 0 Å². The Morgan fingerprint density at radius 1 is 0.290 bits per heavy atom. The maximum atomic E-state index is 2.46. The molecule has 290 valence electrons. The monoisotopic (exact) mass is 807 g/mol. The van der Waals surface area contributed by atoms with Crippen LogP contribution in [0.5, 0.6) is 0 Å². The van der Waals surface area contributed by atoms with Gasteiger partial charge in [0.25, 0.3) is 0 Å². The first-order chi connectivity index (χ1) is 30.7. The number of hydrogen-bond donors (Lipinski definition) is 0. The van der Waals surface area contributed by atoms with E-state index in [0.717, 1.165) is 39.6 Å². The second kappa shape index (κ2) is 13.8. The quantitative estimate of drug-likeness (QED) is 0.163. The summed E-state index contributed by atoms with van der Waals surface area (Å²) in [7, 11) is 0. The summed E-state index contributed by atoms with van der Waals surface area (Å²) in [5.74, 6) is 0. The molecule has 13 rings (SSSR count). The van der Waals surface area contributed by atoms with Crippen molar-refractivity contribution in [2.75, 3.05) is 4.90 Å². The molecule has 0 fully saturated rings. The largest absolute Gasteiger partial charge is 0.310 e. The molecule has 13 aromatic rings. The van der Waals surface area contributed by atoms with Crippen LogP contribution in [0.4, 0.5) is 17.1 Å². The molecule has 0 aliphatic heterocycles. The van der Waals surface area contributed by atoms with Crippen LogP contribution < -0.4 is 4.90 Å². The summed E-state index contributed by atoms with van der Waals surface area (Å²) in [6.45, 7) is 0. The number of benzene rings is 10. The maximum absolute atomic E-state index is 2.46. The van der Waals surface area contributed by atoms with Gasteiger partial charge in [-0.05, 0) is 113 Å². The third-order valence-electron chi connectivity index (χ3n) is 12.6. The van der Waals surface area contributed by atoms with E-state index in [1.54, 1.807) is 0 Å². The molecule has 0 N–H and O–H groups in total. The normalized spacial score (nSPS) is 11.9. The highest BCUT2D eigenvalue weighted by Gasteiger charge is 2.21. The van der Waals surface area contributed by atoms with Crippen LogP contribution in [0.15, 0.2) is 224 Å². The van der Waals surface area contributed by atoms with E-state index in [4.69, 9.17) is 0 Å². The SMILES string of the molecule is c1ccc(-n2c3ccccc3c3ccc(-c4cc(N(c5ccc6ccccc6c5)c5ccc6sc7ccccc7c6c5)cc(-n5c6ccccc6c6ccccc65)c4)cc32)cc1. The van der Waals surface area contributed by atoms with Crippen molar-refractivity contribution in [2.45, 2.75) is 0 Å². The van der Waals surface area contributed by atoms with Crippen molar-refractivity contribution < 1.29 is 0 Å². The summed E-state index contributed by atoms with van der Waals surface area (Å²) < 4.78 is 7.45. The molecule has 3 nitrogen and oxygen atoms in total. The standard InChI is InChI=1S/C58H37N3S/c1-2-16-42(17-3-1)60-53-22-10-8-20-49(53)50-30-27-40(35-56(50)60)41-33-45(36-46(34-41)61-54-23-11-6-18-47(54)48-19-7-12-24-55(48)61)59(43-28-26-38-14-4-5-15-39(38)32-43)44-29-31-58-52(37-44)51-21-9-13-25-57(51)62-58/h1-37H. The lowest BCUT2D eigenvalue weighted by Gasteiger charge is -2.27. The summed E-state index contributed by atoms with van der Waals surface area (Å²) >= 11 is 1.86. The number of aromatic nitrogens is 2. The Morgan fingerprint density at radius 3 is 1.60 bits per heavy atom. The van der Waals surface area contributed by atoms with Crippen LogP contribution in [0, 0.1) is 0 Å². The summed E-state index contributed by atoms with van der Waals surface area (Å²) in [5.41, 5.74) is 12.6. The van der Waals surface area contributed by atoms with Crippen LogP contribution in [0.3, 0.4) is 0 Å². The van der Waals surface area contributed by atoms with Crippen molar-refractivity contribution in [3.8, 4) is 22.5 Å².